The van der Waals surface area contributed by atoms with E-state index in [0.29, 0.717) is 17.0 Å². The minimum Gasteiger partial charge on any atom is -0.482 e. The third kappa shape index (κ3) is 3.79. The van der Waals surface area contributed by atoms with Crippen molar-refractivity contribution in [3.63, 3.8) is 0 Å². The highest BCUT2D eigenvalue weighted by molar-refractivity contribution is 6.01. The third-order valence-corrected chi connectivity index (χ3v) is 5.20. The molecule has 4 rings (SSSR count). The predicted molar refractivity (Wildman–Crippen MR) is 104 cm³/mol. The molecule has 2 aliphatic heterocycles. The number of nitrogens with one attached hydrogen (secondary N) is 1. The lowest BCUT2D eigenvalue weighted by molar-refractivity contribution is -0.121. The largest absolute Gasteiger partial charge is 0.482 e. The van der Waals surface area contributed by atoms with Crippen LogP contribution in [0.1, 0.15) is 39.1 Å². The van der Waals surface area contributed by atoms with E-state index in [1.54, 1.807) is 23.7 Å². The highest BCUT2D eigenvalue weighted by Gasteiger charge is 2.27. The maximum absolute atomic E-state index is 12.5. The number of likely N-dealkylation sites (tertiary alicyclic amines) is 1. The smallest absolute Gasteiger partial charge is 0.274 e. The Kier molecular flexibility index (Phi) is 5.18. The number of hydrogen-bond acceptors (Lipinski definition) is 5. The lowest BCUT2D eigenvalue weighted by atomic mass is 10.1. The molecule has 3 amide bonds. The Bertz CT molecular complexity index is 951. The standard InChI is InChI=1S/C21H21N3O5/c25-19-13-29-18-8-7-16(20(26)22-28)11-17(18)24(19)12-14-3-5-15(6-4-14)21(27)23-9-1-2-10-23/h3-8,11,28H,1-2,9-10,12-13H2,(H,22,26). The van der Waals surface area contributed by atoms with Crippen LogP contribution in [0.5, 0.6) is 5.75 Å². The number of carbonyl (C=O) groups excluding carboxylic acids is 3. The fraction of sp³-hybridized carbons (Fsp3) is 0.286. The van der Waals surface area contributed by atoms with Crippen LogP contribution in [-0.4, -0.2) is 47.5 Å². The van der Waals surface area contributed by atoms with Gasteiger partial charge in [-0.05, 0) is 48.7 Å². The third-order valence-electron chi connectivity index (χ3n) is 5.20. The summed E-state index contributed by atoms with van der Waals surface area (Å²) in [5.41, 5.74) is 3.73. The first-order valence-electron chi connectivity index (χ1n) is 9.46. The van der Waals surface area contributed by atoms with E-state index >= 15 is 0 Å². The van der Waals surface area contributed by atoms with Crippen LogP contribution < -0.4 is 15.1 Å². The van der Waals surface area contributed by atoms with E-state index < -0.39 is 5.91 Å². The van der Waals surface area contributed by atoms with Crippen LogP contribution in [0.25, 0.3) is 0 Å². The molecule has 0 saturated carbocycles. The van der Waals surface area contributed by atoms with Gasteiger partial charge < -0.3 is 14.5 Å². The minimum absolute atomic E-state index is 0.0292. The maximum atomic E-state index is 12.5. The van der Waals surface area contributed by atoms with E-state index in [1.807, 2.05) is 17.0 Å². The summed E-state index contributed by atoms with van der Waals surface area (Å²) in [6.45, 7) is 1.77. The first-order valence-corrected chi connectivity index (χ1v) is 9.46. The highest BCUT2D eigenvalue weighted by atomic mass is 16.5. The van der Waals surface area contributed by atoms with Gasteiger partial charge in [-0.2, -0.15) is 0 Å². The van der Waals surface area contributed by atoms with Crippen molar-refractivity contribution in [1.29, 1.82) is 0 Å². The van der Waals surface area contributed by atoms with Crippen LogP contribution in [0.15, 0.2) is 42.5 Å². The fourth-order valence-electron chi connectivity index (χ4n) is 3.62. The first-order chi connectivity index (χ1) is 14.1. The number of hydroxylamine groups is 1. The second-order valence-electron chi connectivity index (χ2n) is 7.09. The van der Waals surface area contributed by atoms with Gasteiger partial charge in [0.2, 0.25) is 0 Å². The summed E-state index contributed by atoms with van der Waals surface area (Å²) in [7, 11) is 0. The quantitative estimate of drug-likeness (QED) is 0.609. The zero-order valence-corrected chi connectivity index (χ0v) is 15.8. The van der Waals surface area contributed by atoms with Crippen molar-refractivity contribution < 1.29 is 24.3 Å². The first kappa shape index (κ1) is 18.9. The van der Waals surface area contributed by atoms with Gasteiger partial charge in [-0.15, -0.1) is 0 Å². The summed E-state index contributed by atoms with van der Waals surface area (Å²) in [4.78, 5) is 40.0. The lowest BCUT2D eigenvalue weighted by Crippen LogP contribution is -2.38. The van der Waals surface area contributed by atoms with Crippen LogP contribution in [0, 0.1) is 0 Å². The summed E-state index contributed by atoms with van der Waals surface area (Å²) >= 11 is 0. The average Bonchev–Trinajstić information content (AvgIpc) is 3.30. The van der Waals surface area contributed by atoms with E-state index in [-0.39, 0.29) is 30.5 Å². The number of benzene rings is 2. The Labute approximate surface area is 167 Å². The van der Waals surface area contributed by atoms with Crippen LogP contribution in [-0.2, 0) is 11.3 Å². The molecule has 150 valence electrons. The molecule has 2 N–H and O–H groups in total. The number of carbonyl (C=O) groups is 3. The summed E-state index contributed by atoms with van der Waals surface area (Å²) in [6, 6.07) is 11.8. The Morgan fingerprint density at radius 3 is 2.41 bits per heavy atom. The molecule has 0 radical (unpaired) electrons. The number of fused-ring (bicyclic) bond motifs is 1. The summed E-state index contributed by atoms with van der Waals surface area (Å²) in [6.07, 6.45) is 2.08. The molecule has 2 aromatic carbocycles. The van der Waals surface area contributed by atoms with Crippen LogP contribution in [0.4, 0.5) is 5.69 Å². The fourth-order valence-corrected chi connectivity index (χ4v) is 3.62. The molecule has 8 nitrogen and oxygen atoms in total. The van der Waals surface area contributed by atoms with E-state index in [4.69, 9.17) is 9.94 Å². The van der Waals surface area contributed by atoms with Gasteiger partial charge in [0, 0.05) is 24.2 Å². The molecule has 1 saturated heterocycles. The van der Waals surface area contributed by atoms with Gasteiger partial charge >= 0.3 is 0 Å². The molecule has 2 aliphatic rings. The van der Waals surface area contributed by atoms with E-state index in [0.717, 1.165) is 31.5 Å². The summed E-state index contributed by atoms with van der Waals surface area (Å²) < 4.78 is 5.44. The van der Waals surface area contributed by atoms with Crippen molar-refractivity contribution in [2.75, 3.05) is 24.6 Å². The van der Waals surface area contributed by atoms with Crippen molar-refractivity contribution in [3.05, 3.63) is 59.2 Å². The lowest BCUT2D eigenvalue weighted by Gasteiger charge is -2.30. The van der Waals surface area contributed by atoms with Gasteiger partial charge in [-0.3, -0.25) is 19.6 Å². The molecule has 29 heavy (non-hydrogen) atoms. The van der Waals surface area contributed by atoms with E-state index in [2.05, 4.69) is 0 Å². The van der Waals surface area contributed by atoms with Crippen LogP contribution in [0.3, 0.4) is 0 Å². The number of hydrogen-bond donors (Lipinski definition) is 2. The van der Waals surface area contributed by atoms with Crippen molar-refractivity contribution >= 4 is 23.4 Å². The maximum Gasteiger partial charge on any atom is 0.274 e. The number of amides is 3. The van der Waals surface area contributed by atoms with Gasteiger partial charge in [-0.1, -0.05) is 12.1 Å². The zero-order valence-electron chi connectivity index (χ0n) is 15.8. The van der Waals surface area contributed by atoms with Gasteiger partial charge in [-0.25, -0.2) is 5.48 Å². The van der Waals surface area contributed by atoms with Gasteiger partial charge in [0.15, 0.2) is 6.61 Å². The van der Waals surface area contributed by atoms with Crippen molar-refractivity contribution in [3.8, 4) is 5.75 Å². The summed E-state index contributed by atoms with van der Waals surface area (Å²) in [5.74, 6) is -0.395. The molecule has 0 atom stereocenters. The topological polar surface area (TPSA) is 99.2 Å². The number of anilines is 1. The molecule has 8 heteroatoms. The van der Waals surface area contributed by atoms with E-state index in [1.165, 1.54) is 17.0 Å². The van der Waals surface area contributed by atoms with Crippen LogP contribution >= 0.6 is 0 Å². The molecule has 0 bridgehead atoms. The molecule has 2 heterocycles. The molecule has 1 fully saturated rings. The normalized spacial score (nSPS) is 15.7. The molecular formula is C21H21N3O5. The molecule has 0 aliphatic carbocycles. The Hall–Kier alpha value is -3.39. The van der Waals surface area contributed by atoms with Gasteiger partial charge in [0.25, 0.3) is 17.7 Å². The average molecular weight is 395 g/mol. The SMILES string of the molecule is O=C(NO)c1ccc2c(c1)N(Cc1ccc(C(=O)N3CCCC3)cc1)C(=O)CO2. The monoisotopic (exact) mass is 395 g/mol. The minimum atomic E-state index is -0.671. The second kappa shape index (κ2) is 7.92. The summed E-state index contributed by atoms with van der Waals surface area (Å²) in [5, 5.41) is 8.85. The van der Waals surface area contributed by atoms with Crippen molar-refractivity contribution in [1.82, 2.24) is 10.4 Å². The Balaban J connectivity index is 1.55. The number of rotatable bonds is 4. The molecule has 0 unspecified atom stereocenters. The molecule has 0 spiro atoms. The Morgan fingerprint density at radius 2 is 1.72 bits per heavy atom. The van der Waals surface area contributed by atoms with Crippen molar-refractivity contribution in [2.24, 2.45) is 0 Å². The van der Waals surface area contributed by atoms with Crippen molar-refractivity contribution in [2.45, 2.75) is 19.4 Å². The molecular weight excluding hydrogens is 374 g/mol. The number of nitrogens with zero attached hydrogens (tertiary/aromatic N) is 2. The van der Waals surface area contributed by atoms with Gasteiger partial charge in [0.1, 0.15) is 5.75 Å². The highest BCUT2D eigenvalue weighted by Crippen LogP contribution is 2.34. The van der Waals surface area contributed by atoms with Crippen LogP contribution in [0.2, 0.25) is 0 Å². The predicted octanol–water partition coefficient (Wildman–Crippen LogP) is 1.97. The number of ether oxygens (including phenoxy) is 1. The zero-order chi connectivity index (χ0) is 20.4. The molecule has 2 aromatic rings. The molecule has 0 aromatic heterocycles. The Morgan fingerprint density at radius 1 is 1.03 bits per heavy atom. The van der Waals surface area contributed by atoms with E-state index in [9.17, 15) is 14.4 Å². The second-order valence-corrected chi connectivity index (χ2v) is 7.09. The van der Waals surface area contributed by atoms with Gasteiger partial charge in [0.05, 0.1) is 12.2 Å².